The third kappa shape index (κ3) is 5.15. The van der Waals surface area contributed by atoms with Crippen LogP contribution in [-0.2, 0) is 9.59 Å². The number of aliphatic imine (C=N–C) groups is 1. The molecule has 1 aromatic carbocycles. The number of thiazole rings is 1. The Labute approximate surface area is 175 Å². The van der Waals surface area contributed by atoms with E-state index in [1.54, 1.807) is 35.4 Å². The highest BCUT2D eigenvalue weighted by Gasteiger charge is 2.32. The molecule has 29 heavy (non-hydrogen) atoms. The van der Waals surface area contributed by atoms with Crippen LogP contribution in [0.1, 0.15) is 19.4 Å². The van der Waals surface area contributed by atoms with Gasteiger partial charge in [-0.3, -0.25) is 9.69 Å². The molecular formula is C19H19N3O5S2. The SMILES string of the molecule is CCOc1cc(/C=C2/S/C(=N/c3nccs3)N(CC)C2=O)ccc1OCC(=O)O. The molecular weight excluding hydrogens is 414 g/mol. The molecule has 0 bridgehead atoms. The Morgan fingerprint density at radius 2 is 2.14 bits per heavy atom. The lowest BCUT2D eigenvalue weighted by molar-refractivity contribution is -0.139. The van der Waals surface area contributed by atoms with E-state index in [0.717, 1.165) is 5.56 Å². The summed E-state index contributed by atoms with van der Waals surface area (Å²) >= 11 is 2.69. The Morgan fingerprint density at radius 3 is 2.79 bits per heavy atom. The molecule has 1 aliphatic rings. The second-order valence-electron chi connectivity index (χ2n) is 5.69. The standard InChI is InChI=1S/C19H19N3O5S2/c1-3-22-17(25)15(29-19(22)21-18-20-7-8-28-18)10-12-5-6-13(27-11-16(23)24)14(9-12)26-4-2/h5-10H,3-4,11H2,1-2H3,(H,23,24)/b15-10+,21-19+. The number of likely N-dealkylation sites (N-methyl/N-ethyl adjacent to an activating group) is 1. The third-order valence-electron chi connectivity index (χ3n) is 3.73. The highest BCUT2D eigenvalue weighted by molar-refractivity contribution is 8.18. The number of carbonyl (C=O) groups excluding carboxylic acids is 1. The first-order valence-electron chi connectivity index (χ1n) is 8.82. The number of rotatable bonds is 8. The number of hydrogen-bond acceptors (Lipinski definition) is 8. The Hall–Kier alpha value is -2.85. The first-order valence-corrected chi connectivity index (χ1v) is 10.5. The second-order valence-corrected chi connectivity index (χ2v) is 7.57. The van der Waals surface area contributed by atoms with Gasteiger partial charge >= 0.3 is 5.97 Å². The van der Waals surface area contributed by atoms with E-state index in [0.29, 0.717) is 39.9 Å². The topological polar surface area (TPSA) is 101 Å². The van der Waals surface area contributed by atoms with Gasteiger partial charge in [-0.25, -0.2) is 9.78 Å². The molecule has 8 nitrogen and oxygen atoms in total. The first kappa shape index (κ1) is 20.9. The fourth-order valence-electron chi connectivity index (χ4n) is 2.52. The number of carboxylic acid groups (broad SMARTS) is 1. The Bertz CT molecular complexity index is 957. The molecule has 2 heterocycles. The Morgan fingerprint density at radius 1 is 1.31 bits per heavy atom. The van der Waals surface area contributed by atoms with Crippen LogP contribution in [-0.4, -0.2) is 51.8 Å². The van der Waals surface area contributed by atoms with Gasteiger partial charge in [-0.1, -0.05) is 6.07 Å². The van der Waals surface area contributed by atoms with E-state index < -0.39 is 12.6 Å². The number of benzene rings is 1. The van der Waals surface area contributed by atoms with Crippen LogP contribution in [0.4, 0.5) is 5.13 Å². The lowest BCUT2D eigenvalue weighted by atomic mass is 10.2. The van der Waals surface area contributed by atoms with Crippen LogP contribution in [0.15, 0.2) is 39.7 Å². The van der Waals surface area contributed by atoms with Crippen LogP contribution >= 0.6 is 23.1 Å². The number of carbonyl (C=O) groups is 2. The molecule has 0 spiro atoms. The van der Waals surface area contributed by atoms with E-state index in [-0.39, 0.29) is 5.91 Å². The fourth-order valence-corrected chi connectivity index (χ4v) is 4.12. The first-order chi connectivity index (χ1) is 14.0. The van der Waals surface area contributed by atoms with Crippen molar-refractivity contribution in [2.45, 2.75) is 13.8 Å². The quantitative estimate of drug-likeness (QED) is 0.634. The van der Waals surface area contributed by atoms with Crippen molar-refractivity contribution in [3.63, 3.8) is 0 Å². The summed E-state index contributed by atoms with van der Waals surface area (Å²) in [5, 5.41) is 11.8. The average molecular weight is 434 g/mol. The van der Waals surface area contributed by atoms with E-state index in [9.17, 15) is 9.59 Å². The summed E-state index contributed by atoms with van der Waals surface area (Å²) in [6.07, 6.45) is 3.42. The van der Waals surface area contributed by atoms with E-state index >= 15 is 0 Å². The van der Waals surface area contributed by atoms with Crippen molar-refractivity contribution in [2.75, 3.05) is 19.8 Å². The molecule has 1 amide bonds. The normalized spacial score (nSPS) is 16.6. The van der Waals surface area contributed by atoms with Crippen molar-refractivity contribution < 1.29 is 24.2 Å². The molecule has 3 rings (SSSR count). The highest BCUT2D eigenvalue weighted by atomic mass is 32.2. The molecule has 1 aromatic heterocycles. The maximum atomic E-state index is 12.8. The van der Waals surface area contributed by atoms with E-state index in [1.807, 2.05) is 19.2 Å². The lowest BCUT2D eigenvalue weighted by Gasteiger charge is -2.12. The number of carboxylic acids is 1. The molecule has 1 N–H and O–H groups in total. The van der Waals surface area contributed by atoms with Crippen LogP contribution < -0.4 is 9.47 Å². The van der Waals surface area contributed by atoms with Gasteiger partial charge in [0.15, 0.2) is 23.3 Å². The minimum Gasteiger partial charge on any atom is -0.490 e. The highest BCUT2D eigenvalue weighted by Crippen LogP contribution is 2.36. The largest absolute Gasteiger partial charge is 0.490 e. The maximum absolute atomic E-state index is 12.8. The minimum absolute atomic E-state index is 0.128. The second kappa shape index (κ2) is 9.57. The Kier molecular flexibility index (Phi) is 6.89. The molecule has 0 aliphatic carbocycles. The molecule has 152 valence electrons. The number of thioether (sulfide) groups is 1. The third-order valence-corrected chi connectivity index (χ3v) is 5.40. The van der Waals surface area contributed by atoms with E-state index in [1.165, 1.54) is 23.1 Å². The van der Waals surface area contributed by atoms with Gasteiger partial charge in [0.1, 0.15) is 0 Å². The molecule has 0 saturated carbocycles. The van der Waals surface area contributed by atoms with Gasteiger partial charge < -0.3 is 14.6 Å². The predicted molar refractivity (Wildman–Crippen MR) is 113 cm³/mol. The van der Waals surface area contributed by atoms with Gasteiger partial charge in [-0.05, 0) is 49.4 Å². The molecule has 2 aromatic rings. The van der Waals surface area contributed by atoms with Crippen LogP contribution in [0.5, 0.6) is 11.5 Å². The Balaban J connectivity index is 1.87. The van der Waals surface area contributed by atoms with Crippen molar-refractivity contribution in [1.29, 1.82) is 0 Å². The zero-order chi connectivity index (χ0) is 20.8. The van der Waals surface area contributed by atoms with Crippen LogP contribution in [0.25, 0.3) is 6.08 Å². The van der Waals surface area contributed by atoms with Gasteiger partial charge in [-0.15, -0.1) is 11.3 Å². The predicted octanol–water partition coefficient (Wildman–Crippen LogP) is 3.63. The van der Waals surface area contributed by atoms with Crippen molar-refractivity contribution >= 4 is 51.4 Å². The van der Waals surface area contributed by atoms with Crippen molar-refractivity contribution in [3.8, 4) is 11.5 Å². The molecule has 1 saturated heterocycles. The summed E-state index contributed by atoms with van der Waals surface area (Å²) in [6, 6.07) is 5.09. The van der Waals surface area contributed by atoms with Crippen molar-refractivity contribution in [2.24, 2.45) is 4.99 Å². The number of hydrogen-bond donors (Lipinski definition) is 1. The van der Waals surface area contributed by atoms with E-state index in [2.05, 4.69) is 9.98 Å². The minimum atomic E-state index is -1.07. The molecule has 0 radical (unpaired) electrons. The van der Waals surface area contributed by atoms with Crippen LogP contribution in [0, 0.1) is 0 Å². The zero-order valence-corrected chi connectivity index (χ0v) is 17.5. The average Bonchev–Trinajstić information content (AvgIpc) is 3.30. The number of aromatic nitrogens is 1. The lowest BCUT2D eigenvalue weighted by Crippen LogP contribution is -2.28. The summed E-state index contributed by atoms with van der Waals surface area (Å²) < 4.78 is 10.8. The summed E-state index contributed by atoms with van der Waals surface area (Å²) in [4.78, 5) is 34.2. The molecule has 1 aliphatic heterocycles. The summed E-state index contributed by atoms with van der Waals surface area (Å²) in [5.74, 6) is -0.444. The van der Waals surface area contributed by atoms with Gasteiger partial charge in [0.25, 0.3) is 5.91 Å². The van der Waals surface area contributed by atoms with Crippen molar-refractivity contribution in [1.82, 2.24) is 9.88 Å². The number of aliphatic carboxylic acids is 1. The maximum Gasteiger partial charge on any atom is 0.341 e. The molecule has 0 atom stereocenters. The summed E-state index contributed by atoms with van der Waals surface area (Å²) in [7, 11) is 0. The number of ether oxygens (including phenoxy) is 2. The van der Waals surface area contributed by atoms with Gasteiger partial charge in [-0.2, -0.15) is 4.99 Å². The summed E-state index contributed by atoms with van der Waals surface area (Å²) in [6.45, 7) is 4.14. The monoisotopic (exact) mass is 433 g/mol. The molecule has 0 unspecified atom stereocenters. The van der Waals surface area contributed by atoms with Crippen molar-refractivity contribution in [3.05, 3.63) is 40.2 Å². The number of amides is 1. The van der Waals surface area contributed by atoms with Gasteiger partial charge in [0.2, 0.25) is 5.13 Å². The van der Waals surface area contributed by atoms with Crippen LogP contribution in [0.3, 0.4) is 0 Å². The molecule has 10 heteroatoms. The van der Waals surface area contributed by atoms with Gasteiger partial charge in [0.05, 0.1) is 11.5 Å². The smallest absolute Gasteiger partial charge is 0.341 e. The molecule has 1 fully saturated rings. The van der Waals surface area contributed by atoms with Crippen LogP contribution in [0.2, 0.25) is 0 Å². The van der Waals surface area contributed by atoms with E-state index in [4.69, 9.17) is 14.6 Å². The zero-order valence-electron chi connectivity index (χ0n) is 15.8. The number of nitrogens with zero attached hydrogens (tertiary/aromatic N) is 3. The fraction of sp³-hybridized carbons (Fsp3) is 0.263. The number of amidine groups is 1. The summed E-state index contributed by atoms with van der Waals surface area (Å²) in [5.41, 5.74) is 0.735. The van der Waals surface area contributed by atoms with Gasteiger partial charge in [0, 0.05) is 18.1 Å².